The van der Waals surface area contributed by atoms with Gasteiger partial charge in [-0.2, -0.15) is 0 Å². The first-order valence-corrected chi connectivity index (χ1v) is 8.03. The lowest BCUT2D eigenvalue weighted by atomic mass is 10.1. The van der Waals surface area contributed by atoms with Gasteiger partial charge in [-0.1, -0.05) is 0 Å². The Morgan fingerprint density at radius 1 is 1.21 bits per heavy atom. The Labute approximate surface area is 139 Å². The smallest absolute Gasteiger partial charge is 0.409 e. The van der Waals surface area contributed by atoms with E-state index in [4.69, 9.17) is 4.74 Å². The molecule has 1 aromatic carbocycles. The summed E-state index contributed by atoms with van der Waals surface area (Å²) in [6.07, 6.45) is 1.62. The van der Waals surface area contributed by atoms with Crippen LogP contribution in [0.25, 0.3) is 10.9 Å². The Morgan fingerprint density at radius 2 is 1.92 bits per heavy atom. The molecular formula is C17H20FN3O3. The van der Waals surface area contributed by atoms with Gasteiger partial charge in [-0.15, -0.1) is 0 Å². The molecule has 1 saturated heterocycles. The molecule has 0 unspecified atom stereocenters. The fraction of sp³-hybridized carbons (Fsp3) is 0.412. The second kappa shape index (κ2) is 6.90. The standard InChI is InChI=1S/C17H20FN3O3/c1-2-24-17(23)21-7-5-20(6-8-21)16(22)9-12-11-19-15-4-3-13(18)10-14(12)15/h3-4,10-11,19H,2,5-9H2,1H3. The summed E-state index contributed by atoms with van der Waals surface area (Å²) in [7, 11) is 0. The van der Waals surface area contributed by atoms with Crippen molar-refractivity contribution in [1.82, 2.24) is 14.8 Å². The van der Waals surface area contributed by atoms with Crippen LogP contribution in [0.1, 0.15) is 12.5 Å². The summed E-state index contributed by atoms with van der Waals surface area (Å²) in [5.41, 5.74) is 1.59. The summed E-state index contributed by atoms with van der Waals surface area (Å²) >= 11 is 0. The minimum Gasteiger partial charge on any atom is -0.450 e. The number of hydrogen-bond acceptors (Lipinski definition) is 3. The molecule has 0 spiro atoms. The number of piperazine rings is 1. The van der Waals surface area contributed by atoms with Gasteiger partial charge in [0.05, 0.1) is 13.0 Å². The summed E-state index contributed by atoms with van der Waals surface area (Å²) in [6.45, 7) is 4.00. The number of carbonyl (C=O) groups is 2. The Kier molecular flexibility index (Phi) is 4.69. The molecule has 2 heterocycles. The average Bonchev–Trinajstić information content (AvgIpc) is 2.97. The summed E-state index contributed by atoms with van der Waals surface area (Å²) in [5, 5.41) is 0.730. The SMILES string of the molecule is CCOC(=O)N1CCN(C(=O)Cc2c[nH]c3ccc(F)cc23)CC1. The molecule has 2 amide bonds. The van der Waals surface area contributed by atoms with Gasteiger partial charge in [0.1, 0.15) is 5.82 Å². The summed E-state index contributed by atoms with van der Waals surface area (Å²) in [6, 6.07) is 4.49. The maximum Gasteiger partial charge on any atom is 0.409 e. The highest BCUT2D eigenvalue weighted by atomic mass is 19.1. The fourth-order valence-electron chi connectivity index (χ4n) is 2.92. The second-order valence-electron chi connectivity index (χ2n) is 5.75. The number of rotatable bonds is 3. The Balaban J connectivity index is 1.61. The lowest BCUT2D eigenvalue weighted by Gasteiger charge is -2.34. The van der Waals surface area contributed by atoms with Crippen molar-refractivity contribution in [3.05, 3.63) is 35.8 Å². The van der Waals surface area contributed by atoms with Crippen molar-refractivity contribution >= 4 is 22.9 Å². The summed E-state index contributed by atoms with van der Waals surface area (Å²) in [5.74, 6) is -0.345. The van der Waals surface area contributed by atoms with Crippen LogP contribution < -0.4 is 0 Å². The monoisotopic (exact) mass is 333 g/mol. The molecule has 1 aliphatic heterocycles. The zero-order valence-corrected chi connectivity index (χ0v) is 13.5. The molecule has 2 aromatic rings. The maximum absolute atomic E-state index is 13.4. The van der Waals surface area contributed by atoms with Gasteiger partial charge in [0, 0.05) is 43.3 Å². The average molecular weight is 333 g/mol. The van der Waals surface area contributed by atoms with Crippen LogP contribution in [-0.4, -0.2) is 59.6 Å². The minimum absolute atomic E-state index is 0.0244. The summed E-state index contributed by atoms with van der Waals surface area (Å²) < 4.78 is 18.4. The fourth-order valence-corrected chi connectivity index (χ4v) is 2.92. The van der Waals surface area contributed by atoms with E-state index in [1.807, 2.05) is 0 Å². The number of nitrogens with zero attached hydrogens (tertiary/aromatic N) is 2. The van der Waals surface area contributed by atoms with Crippen molar-refractivity contribution in [3.8, 4) is 0 Å². The van der Waals surface area contributed by atoms with Crippen molar-refractivity contribution in [2.24, 2.45) is 0 Å². The van der Waals surface area contributed by atoms with Crippen LogP contribution in [0.5, 0.6) is 0 Å². The van der Waals surface area contributed by atoms with Crippen molar-refractivity contribution in [3.63, 3.8) is 0 Å². The number of aromatic nitrogens is 1. The largest absolute Gasteiger partial charge is 0.450 e. The first-order valence-electron chi connectivity index (χ1n) is 8.03. The number of H-pyrrole nitrogens is 1. The van der Waals surface area contributed by atoms with Crippen LogP contribution in [0.2, 0.25) is 0 Å². The second-order valence-corrected chi connectivity index (χ2v) is 5.75. The number of hydrogen-bond donors (Lipinski definition) is 1. The molecular weight excluding hydrogens is 313 g/mol. The van der Waals surface area contributed by atoms with Gasteiger partial charge >= 0.3 is 6.09 Å². The predicted molar refractivity (Wildman–Crippen MR) is 87.1 cm³/mol. The van der Waals surface area contributed by atoms with Gasteiger partial charge in [-0.25, -0.2) is 9.18 Å². The molecule has 1 aliphatic rings. The molecule has 128 valence electrons. The highest BCUT2D eigenvalue weighted by Crippen LogP contribution is 2.20. The quantitative estimate of drug-likeness (QED) is 0.936. The summed E-state index contributed by atoms with van der Waals surface area (Å²) in [4.78, 5) is 30.5. The highest BCUT2D eigenvalue weighted by Gasteiger charge is 2.25. The van der Waals surface area contributed by atoms with Crippen molar-refractivity contribution < 1.29 is 18.7 Å². The molecule has 6 nitrogen and oxygen atoms in total. The lowest BCUT2D eigenvalue weighted by Crippen LogP contribution is -2.51. The van der Waals surface area contributed by atoms with E-state index >= 15 is 0 Å². The van der Waals surface area contributed by atoms with Crippen LogP contribution in [-0.2, 0) is 16.0 Å². The van der Waals surface area contributed by atoms with E-state index in [1.165, 1.54) is 12.1 Å². The molecule has 1 N–H and O–H groups in total. The molecule has 24 heavy (non-hydrogen) atoms. The zero-order valence-electron chi connectivity index (χ0n) is 13.5. The number of fused-ring (bicyclic) bond motifs is 1. The molecule has 7 heteroatoms. The van der Waals surface area contributed by atoms with Crippen LogP contribution in [0.3, 0.4) is 0 Å². The van der Waals surface area contributed by atoms with E-state index in [-0.39, 0.29) is 24.2 Å². The van der Waals surface area contributed by atoms with Gasteiger partial charge in [0.2, 0.25) is 5.91 Å². The Bertz CT molecular complexity index is 751. The number of halogens is 1. The van der Waals surface area contributed by atoms with Crippen LogP contribution in [0.15, 0.2) is 24.4 Å². The zero-order chi connectivity index (χ0) is 17.1. The van der Waals surface area contributed by atoms with Crippen molar-refractivity contribution in [2.75, 3.05) is 32.8 Å². The van der Waals surface area contributed by atoms with Crippen molar-refractivity contribution in [2.45, 2.75) is 13.3 Å². The van der Waals surface area contributed by atoms with Gasteiger partial charge in [0.15, 0.2) is 0 Å². The Hall–Kier alpha value is -2.57. The van der Waals surface area contributed by atoms with Gasteiger partial charge in [-0.3, -0.25) is 4.79 Å². The van der Waals surface area contributed by atoms with Gasteiger partial charge in [-0.05, 0) is 30.7 Å². The number of benzene rings is 1. The predicted octanol–water partition coefficient (Wildman–Crippen LogP) is 2.15. The minimum atomic E-state index is -0.336. The normalized spacial score (nSPS) is 14.9. The van der Waals surface area contributed by atoms with Crippen LogP contribution in [0.4, 0.5) is 9.18 Å². The number of ether oxygens (including phenoxy) is 1. The highest BCUT2D eigenvalue weighted by molar-refractivity contribution is 5.89. The molecule has 0 radical (unpaired) electrons. The van der Waals surface area contributed by atoms with Crippen molar-refractivity contribution in [1.29, 1.82) is 0 Å². The van der Waals surface area contributed by atoms with Crippen LogP contribution in [0, 0.1) is 5.82 Å². The van der Waals surface area contributed by atoms with E-state index in [0.717, 1.165) is 16.5 Å². The van der Waals surface area contributed by atoms with Gasteiger partial charge in [0.25, 0.3) is 0 Å². The topological polar surface area (TPSA) is 65.6 Å². The molecule has 0 atom stereocenters. The first-order chi connectivity index (χ1) is 11.6. The molecule has 0 bridgehead atoms. The van der Waals surface area contributed by atoms with E-state index in [9.17, 15) is 14.0 Å². The van der Waals surface area contributed by atoms with Gasteiger partial charge < -0.3 is 19.5 Å². The number of amides is 2. The molecule has 0 aliphatic carbocycles. The number of aromatic amines is 1. The van der Waals surface area contributed by atoms with E-state index in [0.29, 0.717) is 32.8 Å². The third-order valence-corrected chi connectivity index (χ3v) is 4.23. The molecule has 3 rings (SSSR count). The number of carbonyl (C=O) groups excluding carboxylic acids is 2. The van der Waals surface area contributed by atoms with E-state index in [2.05, 4.69) is 4.98 Å². The van der Waals surface area contributed by atoms with Crippen LogP contribution >= 0.6 is 0 Å². The first kappa shape index (κ1) is 16.3. The third kappa shape index (κ3) is 3.34. The molecule has 1 aromatic heterocycles. The Morgan fingerprint density at radius 3 is 2.62 bits per heavy atom. The number of nitrogens with one attached hydrogen (secondary N) is 1. The lowest BCUT2D eigenvalue weighted by molar-refractivity contribution is -0.132. The van der Waals surface area contributed by atoms with E-state index in [1.54, 1.807) is 29.0 Å². The maximum atomic E-state index is 13.4. The van der Waals surface area contributed by atoms with E-state index < -0.39 is 0 Å². The molecule has 0 saturated carbocycles. The molecule has 1 fully saturated rings. The third-order valence-electron chi connectivity index (χ3n) is 4.23.